The zero-order chi connectivity index (χ0) is 12.4. The summed E-state index contributed by atoms with van der Waals surface area (Å²) in [7, 11) is 0. The Balaban J connectivity index is 1.63. The highest BCUT2D eigenvalue weighted by Gasteiger charge is 2.33. The van der Waals surface area contributed by atoms with Crippen LogP contribution in [0.5, 0.6) is 0 Å². The summed E-state index contributed by atoms with van der Waals surface area (Å²) < 4.78 is 2.01. The summed E-state index contributed by atoms with van der Waals surface area (Å²) in [5.74, 6) is 2.11. The van der Waals surface area contributed by atoms with Crippen molar-refractivity contribution in [3.63, 3.8) is 0 Å². The Kier molecular flexibility index (Phi) is 3.84. The summed E-state index contributed by atoms with van der Waals surface area (Å²) in [4.78, 5) is 0. The molecule has 0 radical (unpaired) electrons. The predicted molar refractivity (Wildman–Crippen MR) is 76.2 cm³/mol. The molecule has 6 heteroatoms. The second-order valence-electron chi connectivity index (χ2n) is 5.64. The molecule has 0 aromatic carbocycles. The molecule has 3 rings (SSSR count). The average molecular weight is 284 g/mol. The molecule has 0 bridgehead atoms. The third-order valence-electron chi connectivity index (χ3n) is 4.11. The van der Waals surface area contributed by atoms with Crippen molar-refractivity contribution in [2.45, 2.75) is 56.1 Å². The van der Waals surface area contributed by atoms with Gasteiger partial charge < -0.3 is 0 Å². The van der Waals surface area contributed by atoms with Gasteiger partial charge in [-0.05, 0) is 47.3 Å². The SMILES string of the molecule is SCC1(CSc2nnnn2C2CC2)CCCCC1. The van der Waals surface area contributed by atoms with Crippen LogP contribution in [0.15, 0.2) is 5.16 Å². The van der Waals surface area contributed by atoms with Crippen LogP contribution in [0.25, 0.3) is 0 Å². The molecule has 2 saturated carbocycles. The summed E-state index contributed by atoms with van der Waals surface area (Å²) in [6.07, 6.45) is 9.19. The largest absolute Gasteiger partial charge is 0.217 e. The Morgan fingerprint density at radius 1 is 1.28 bits per heavy atom. The zero-order valence-electron chi connectivity index (χ0n) is 10.6. The minimum absolute atomic E-state index is 0.409. The van der Waals surface area contributed by atoms with Gasteiger partial charge in [-0.2, -0.15) is 12.6 Å². The molecule has 1 aromatic rings. The molecule has 1 heterocycles. The van der Waals surface area contributed by atoms with Gasteiger partial charge in [0.15, 0.2) is 0 Å². The number of rotatable bonds is 5. The van der Waals surface area contributed by atoms with Crippen molar-refractivity contribution in [3.8, 4) is 0 Å². The summed E-state index contributed by atoms with van der Waals surface area (Å²) in [5.41, 5.74) is 0.409. The maximum absolute atomic E-state index is 4.59. The molecule has 0 saturated heterocycles. The van der Waals surface area contributed by atoms with Gasteiger partial charge in [-0.3, -0.25) is 0 Å². The van der Waals surface area contributed by atoms with Crippen LogP contribution < -0.4 is 0 Å². The second-order valence-corrected chi connectivity index (χ2v) is 6.90. The number of hydrogen-bond donors (Lipinski definition) is 1. The summed E-state index contributed by atoms with van der Waals surface area (Å²) >= 11 is 6.42. The highest BCUT2D eigenvalue weighted by Crippen LogP contribution is 2.42. The quantitative estimate of drug-likeness (QED) is 0.667. The number of aromatic nitrogens is 4. The Hall–Kier alpha value is -0.230. The molecular weight excluding hydrogens is 264 g/mol. The monoisotopic (exact) mass is 284 g/mol. The molecule has 18 heavy (non-hydrogen) atoms. The molecule has 0 aliphatic heterocycles. The first-order valence-corrected chi connectivity index (χ1v) is 8.46. The van der Waals surface area contributed by atoms with Crippen LogP contribution in [0, 0.1) is 5.41 Å². The van der Waals surface area contributed by atoms with E-state index < -0.39 is 0 Å². The lowest BCUT2D eigenvalue weighted by molar-refractivity contribution is 0.258. The van der Waals surface area contributed by atoms with Gasteiger partial charge in [-0.25, -0.2) is 4.68 Å². The lowest BCUT2D eigenvalue weighted by Gasteiger charge is -2.35. The first-order chi connectivity index (χ1) is 8.83. The van der Waals surface area contributed by atoms with E-state index in [9.17, 15) is 0 Å². The van der Waals surface area contributed by atoms with E-state index in [1.54, 1.807) is 0 Å². The van der Waals surface area contributed by atoms with E-state index in [4.69, 9.17) is 0 Å². The van der Waals surface area contributed by atoms with E-state index in [1.165, 1.54) is 44.9 Å². The zero-order valence-corrected chi connectivity index (χ0v) is 12.3. The molecule has 2 aliphatic rings. The Morgan fingerprint density at radius 3 is 2.72 bits per heavy atom. The maximum atomic E-state index is 4.59. The van der Waals surface area contributed by atoms with Crippen molar-refractivity contribution >= 4 is 24.4 Å². The summed E-state index contributed by atoms with van der Waals surface area (Å²) in [5, 5.41) is 13.1. The Labute approximate surface area is 118 Å². The van der Waals surface area contributed by atoms with E-state index >= 15 is 0 Å². The van der Waals surface area contributed by atoms with Gasteiger partial charge >= 0.3 is 0 Å². The predicted octanol–water partition coefficient (Wildman–Crippen LogP) is 2.98. The van der Waals surface area contributed by atoms with Crippen molar-refractivity contribution in [2.24, 2.45) is 5.41 Å². The van der Waals surface area contributed by atoms with E-state index in [0.717, 1.165) is 16.7 Å². The van der Waals surface area contributed by atoms with Crippen LogP contribution in [0.3, 0.4) is 0 Å². The van der Waals surface area contributed by atoms with Crippen molar-refractivity contribution < 1.29 is 0 Å². The minimum atomic E-state index is 0.409. The van der Waals surface area contributed by atoms with Crippen LogP contribution >= 0.6 is 24.4 Å². The highest BCUT2D eigenvalue weighted by atomic mass is 32.2. The molecule has 2 fully saturated rings. The first-order valence-electron chi connectivity index (χ1n) is 6.85. The van der Waals surface area contributed by atoms with E-state index in [-0.39, 0.29) is 0 Å². The van der Waals surface area contributed by atoms with Gasteiger partial charge in [0.25, 0.3) is 0 Å². The molecule has 0 amide bonds. The van der Waals surface area contributed by atoms with E-state index in [2.05, 4.69) is 28.2 Å². The third-order valence-corrected chi connectivity index (χ3v) is 6.07. The number of hydrogen-bond acceptors (Lipinski definition) is 5. The molecule has 4 nitrogen and oxygen atoms in total. The standard InChI is InChI=1S/C12H20N4S2/c17-8-12(6-2-1-3-7-12)9-18-11-13-14-15-16(11)10-4-5-10/h10,17H,1-9H2. The fourth-order valence-corrected chi connectivity index (χ4v) is 4.51. The fourth-order valence-electron chi connectivity index (χ4n) is 2.70. The number of thiol groups is 1. The lowest BCUT2D eigenvalue weighted by atomic mass is 9.77. The molecule has 100 valence electrons. The van der Waals surface area contributed by atoms with E-state index in [1.807, 2.05) is 16.4 Å². The Morgan fingerprint density at radius 2 is 2.06 bits per heavy atom. The summed E-state index contributed by atoms with van der Waals surface area (Å²) in [6.45, 7) is 0. The molecule has 0 unspecified atom stereocenters. The number of thioether (sulfide) groups is 1. The molecular formula is C12H20N4S2. The van der Waals surface area contributed by atoms with Crippen LogP contribution in [-0.2, 0) is 0 Å². The molecule has 0 spiro atoms. The number of nitrogens with zero attached hydrogens (tertiary/aromatic N) is 4. The summed E-state index contributed by atoms with van der Waals surface area (Å²) in [6, 6.07) is 0.570. The van der Waals surface area contributed by atoms with E-state index in [0.29, 0.717) is 11.5 Å². The van der Waals surface area contributed by atoms with Crippen LogP contribution in [0.2, 0.25) is 0 Å². The van der Waals surface area contributed by atoms with Crippen LogP contribution in [0.1, 0.15) is 51.0 Å². The smallest absolute Gasteiger partial charge is 0.209 e. The highest BCUT2D eigenvalue weighted by molar-refractivity contribution is 7.99. The fraction of sp³-hybridized carbons (Fsp3) is 0.917. The molecule has 0 atom stereocenters. The molecule has 0 N–H and O–H groups in total. The van der Waals surface area contributed by atoms with Gasteiger partial charge in [-0.15, -0.1) is 5.10 Å². The van der Waals surface area contributed by atoms with Gasteiger partial charge in [0, 0.05) is 5.75 Å². The van der Waals surface area contributed by atoms with Crippen molar-refractivity contribution in [3.05, 3.63) is 0 Å². The molecule has 2 aliphatic carbocycles. The van der Waals surface area contributed by atoms with Crippen molar-refractivity contribution in [1.29, 1.82) is 0 Å². The molecule has 1 aromatic heterocycles. The Bertz CT molecular complexity index is 397. The normalized spacial score (nSPS) is 23.2. The lowest BCUT2D eigenvalue weighted by Crippen LogP contribution is -2.29. The van der Waals surface area contributed by atoms with Crippen LogP contribution in [-0.4, -0.2) is 31.7 Å². The number of tetrazole rings is 1. The minimum Gasteiger partial charge on any atom is -0.217 e. The topological polar surface area (TPSA) is 43.6 Å². The van der Waals surface area contributed by atoms with Gasteiger partial charge in [-0.1, -0.05) is 31.0 Å². The van der Waals surface area contributed by atoms with Gasteiger partial charge in [0.1, 0.15) is 0 Å². The first kappa shape index (κ1) is 12.8. The average Bonchev–Trinajstić information content (AvgIpc) is 3.16. The van der Waals surface area contributed by atoms with Gasteiger partial charge in [0.2, 0.25) is 5.16 Å². The second kappa shape index (κ2) is 5.41. The van der Waals surface area contributed by atoms with Gasteiger partial charge in [0.05, 0.1) is 6.04 Å². The maximum Gasteiger partial charge on any atom is 0.209 e. The van der Waals surface area contributed by atoms with Crippen molar-refractivity contribution in [2.75, 3.05) is 11.5 Å². The van der Waals surface area contributed by atoms with Crippen LogP contribution in [0.4, 0.5) is 0 Å². The third kappa shape index (κ3) is 2.69. The van der Waals surface area contributed by atoms with Crippen molar-refractivity contribution in [1.82, 2.24) is 20.2 Å².